The summed E-state index contributed by atoms with van der Waals surface area (Å²) < 4.78 is 1.91. The number of nitrogens with zero attached hydrogens (tertiary/aromatic N) is 2. The predicted molar refractivity (Wildman–Crippen MR) is 96.9 cm³/mol. The molecule has 0 saturated heterocycles. The molecule has 1 unspecified atom stereocenters. The van der Waals surface area contributed by atoms with Crippen molar-refractivity contribution in [3.63, 3.8) is 0 Å². The second-order valence-electron chi connectivity index (χ2n) is 5.92. The number of imidazole rings is 1. The predicted octanol–water partition coefficient (Wildman–Crippen LogP) is 4.81. The van der Waals surface area contributed by atoms with Gasteiger partial charge >= 0.3 is 0 Å². The number of unbranched alkanes of at least 4 members (excludes halogenated alkanes) is 1. The van der Waals surface area contributed by atoms with Gasteiger partial charge in [-0.1, -0.05) is 66.0 Å². The van der Waals surface area contributed by atoms with Crippen LogP contribution in [0, 0.1) is 0 Å². The minimum absolute atomic E-state index is 0.387. The fourth-order valence-electron chi connectivity index (χ4n) is 3.03. The van der Waals surface area contributed by atoms with Crippen LogP contribution in [0.4, 0.5) is 0 Å². The molecule has 122 valence electrons. The average Bonchev–Trinajstić information content (AvgIpc) is 2.92. The lowest BCUT2D eigenvalue weighted by atomic mass is 9.93. The highest BCUT2D eigenvalue weighted by atomic mass is 35.5. The van der Waals surface area contributed by atoms with Gasteiger partial charge in [-0.2, -0.15) is 0 Å². The Morgan fingerprint density at radius 1 is 1.17 bits per heavy atom. The molecule has 1 atom stereocenters. The van der Waals surface area contributed by atoms with Gasteiger partial charge in [-0.25, -0.2) is 4.98 Å². The summed E-state index contributed by atoms with van der Waals surface area (Å²) in [6, 6.07) is 11.2. The largest absolute Gasteiger partial charge is 0.320 e. The van der Waals surface area contributed by atoms with E-state index >= 15 is 0 Å². The molecule has 0 amide bonds. The Bertz CT molecular complexity index is 664. The van der Waals surface area contributed by atoms with Crippen LogP contribution in [0.25, 0.3) is 5.57 Å². The van der Waals surface area contributed by atoms with Crippen LogP contribution in [-0.2, 0) is 6.54 Å². The van der Waals surface area contributed by atoms with Crippen LogP contribution in [-0.4, -0.2) is 22.1 Å². The number of hydrogen-bond acceptors (Lipinski definition) is 2. The van der Waals surface area contributed by atoms with Gasteiger partial charge in [0.2, 0.25) is 0 Å². The molecule has 1 aliphatic heterocycles. The molecule has 5 heteroatoms. The summed E-state index contributed by atoms with van der Waals surface area (Å²) in [7, 11) is 0. The normalized spacial score (nSPS) is 18.0. The van der Waals surface area contributed by atoms with Crippen molar-refractivity contribution in [3.05, 3.63) is 58.6 Å². The highest BCUT2D eigenvalue weighted by Gasteiger charge is 2.15. The lowest BCUT2D eigenvalue weighted by molar-refractivity contribution is 0.464. The molecule has 0 fully saturated rings. The molecule has 3 rings (SSSR count). The van der Waals surface area contributed by atoms with E-state index in [9.17, 15) is 0 Å². The highest BCUT2D eigenvalue weighted by molar-refractivity contribution is 6.40. The zero-order valence-electron chi connectivity index (χ0n) is 13.0. The van der Waals surface area contributed by atoms with Gasteiger partial charge in [-0.15, -0.1) is 0 Å². The van der Waals surface area contributed by atoms with Gasteiger partial charge in [-0.05, 0) is 30.4 Å². The Morgan fingerprint density at radius 2 is 2.00 bits per heavy atom. The molecule has 0 spiro atoms. The molecule has 0 radical (unpaired) electrons. The van der Waals surface area contributed by atoms with Gasteiger partial charge in [0.05, 0.1) is 6.33 Å². The van der Waals surface area contributed by atoms with E-state index in [1.165, 1.54) is 17.6 Å². The number of halogens is 2. The number of aryl methyl sites for hydroxylation is 1. The first-order valence-electron chi connectivity index (χ1n) is 8.08. The second-order valence-corrected chi connectivity index (χ2v) is 6.64. The quantitative estimate of drug-likeness (QED) is 0.758. The summed E-state index contributed by atoms with van der Waals surface area (Å²) in [4.78, 5) is 4.00. The minimum atomic E-state index is 0.387. The van der Waals surface area contributed by atoms with Crippen molar-refractivity contribution < 1.29 is 0 Å². The van der Waals surface area contributed by atoms with Gasteiger partial charge in [0, 0.05) is 19.1 Å². The van der Waals surface area contributed by atoms with Crippen LogP contribution in [0.5, 0.6) is 0 Å². The Hall–Kier alpha value is -1.29. The van der Waals surface area contributed by atoms with E-state index in [2.05, 4.69) is 46.7 Å². The van der Waals surface area contributed by atoms with Gasteiger partial charge in [-0.3, -0.25) is 0 Å². The number of rotatable bonds is 6. The second kappa shape index (κ2) is 8.00. The summed E-state index contributed by atoms with van der Waals surface area (Å²) in [5, 5.41) is 4.52. The summed E-state index contributed by atoms with van der Waals surface area (Å²) in [6.45, 7) is 1.82. The topological polar surface area (TPSA) is 29.9 Å². The van der Waals surface area contributed by atoms with Crippen molar-refractivity contribution in [2.45, 2.75) is 38.3 Å². The molecule has 1 N–H and O–H groups in total. The fourth-order valence-corrected chi connectivity index (χ4v) is 3.36. The summed E-state index contributed by atoms with van der Waals surface area (Å²) in [5.41, 5.74) is 2.80. The summed E-state index contributed by atoms with van der Waals surface area (Å²) >= 11 is 11.9. The third kappa shape index (κ3) is 4.37. The maximum atomic E-state index is 6.07. The molecule has 1 aliphatic rings. The van der Waals surface area contributed by atoms with Crippen LogP contribution in [0.3, 0.4) is 0 Å². The molecule has 2 heterocycles. The van der Waals surface area contributed by atoms with E-state index in [0.717, 1.165) is 32.4 Å². The Balaban J connectivity index is 1.44. The maximum Gasteiger partial charge on any atom is 0.166 e. The maximum absolute atomic E-state index is 6.07. The third-order valence-electron chi connectivity index (χ3n) is 4.30. The molecule has 0 saturated carbocycles. The highest BCUT2D eigenvalue weighted by Crippen LogP contribution is 2.25. The summed E-state index contributed by atoms with van der Waals surface area (Å²) in [5.74, 6) is 0. The van der Waals surface area contributed by atoms with E-state index in [4.69, 9.17) is 23.2 Å². The summed E-state index contributed by atoms with van der Waals surface area (Å²) in [6.07, 6.45) is 8.52. The number of benzene rings is 1. The first kappa shape index (κ1) is 16.6. The van der Waals surface area contributed by atoms with Gasteiger partial charge in [0.15, 0.2) is 5.15 Å². The van der Waals surface area contributed by atoms with Gasteiger partial charge in [0.25, 0.3) is 0 Å². The SMILES string of the molecule is Clc1ncn(CCCCC2CC(c3ccccc3)=CCN2)c1Cl. The molecule has 1 aromatic heterocycles. The number of hydrogen-bond donors (Lipinski definition) is 1. The average molecular weight is 350 g/mol. The fraction of sp³-hybridized carbons (Fsp3) is 0.389. The minimum Gasteiger partial charge on any atom is -0.320 e. The molecule has 2 aromatic rings. The van der Waals surface area contributed by atoms with Crippen molar-refractivity contribution >= 4 is 28.8 Å². The lowest BCUT2D eigenvalue weighted by Crippen LogP contribution is -2.32. The Morgan fingerprint density at radius 3 is 2.74 bits per heavy atom. The van der Waals surface area contributed by atoms with Crippen LogP contribution in [0.2, 0.25) is 10.3 Å². The van der Waals surface area contributed by atoms with Crippen molar-refractivity contribution in [1.82, 2.24) is 14.9 Å². The van der Waals surface area contributed by atoms with E-state index in [1.54, 1.807) is 6.33 Å². The molecule has 0 aliphatic carbocycles. The zero-order chi connectivity index (χ0) is 16.1. The van der Waals surface area contributed by atoms with E-state index in [-0.39, 0.29) is 0 Å². The first-order chi connectivity index (χ1) is 11.2. The number of aromatic nitrogens is 2. The van der Waals surface area contributed by atoms with E-state index < -0.39 is 0 Å². The van der Waals surface area contributed by atoms with Crippen LogP contribution >= 0.6 is 23.2 Å². The third-order valence-corrected chi connectivity index (χ3v) is 5.07. The lowest BCUT2D eigenvalue weighted by Gasteiger charge is -2.24. The first-order valence-corrected chi connectivity index (χ1v) is 8.83. The van der Waals surface area contributed by atoms with Crippen molar-refractivity contribution in [2.75, 3.05) is 6.54 Å². The molecule has 23 heavy (non-hydrogen) atoms. The van der Waals surface area contributed by atoms with Crippen molar-refractivity contribution in [1.29, 1.82) is 0 Å². The van der Waals surface area contributed by atoms with Crippen LogP contribution < -0.4 is 5.32 Å². The van der Waals surface area contributed by atoms with Gasteiger partial charge in [0.1, 0.15) is 5.15 Å². The van der Waals surface area contributed by atoms with Crippen molar-refractivity contribution in [2.24, 2.45) is 0 Å². The molecular weight excluding hydrogens is 329 g/mol. The van der Waals surface area contributed by atoms with E-state index in [1.807, 2.05) is 4.57 Å². The van der Waals surface area contributed by atoms with E-state index in [0.29, 0.717) is 16.3 Å². The zero-order valence-corrected chi connectivity index (χ0v) is 14.5. The monoisotopic (exact) mass is 349 g/mol. The molecule has 0 bridgehead atoms. The molecule has 3 nitrogen and oxygen atoms in total. The number of nitrogens with one attached hydrogen (secondary N) is 1. The molecule has 1 aromatic carbocycles. The standard InChI is InChI=1S/C18H21Cl2N3/c19-17-18(20)23(13-22-17)11-5-4-8-16-12-15(9-10-21-16)14-6-2-1-3-7-14/h1-3,6-7,9,13,16,21H,4-5,8,10-12H2. The Kier molecular flexibility index (Phi) is 5.76. The van der Waals surface area contributed by atoms with Gasteiger partial charge < -0.3 is 9.88 Å². The van der Waals surface area contributed by atoms with Crippen LogP contribution in [0.15, 0.2) is 42.7 Å². The smallest absolute Gasteiger partial charge is 0.166 e. The molecular formula is C18H21Cl2N3. The Labute approximate surface area is 147 Å². The van der Waals surface area contributed by atoms with Crippen LogP contribution in [0.1, 0.15) is 31.2 Å². The van der Waals surface area contributed by atoms with Crippen molar-refractivity contribution in [3.8, 4) is 0 Å².